The Morgan fingerprint density at radius 2 is 1.91 bits per heavy atom. The van der Waals surface area contributed by atoms with E-state index >= 15 is 0 Å². The maximum atomic E-state index is 12.4. The molecular weight excluding hydrogens is 280 g/mol. The van der Waals surface area contributed by atoms with Crippen LogP contribution < -0.4 is 5.32 Å². The third-order valence-corrected chi connectivity index (χ3v) is 4.59. The number of likely N-dealkylation sites (tertiary alicyclic amines) is 1. The van der Waals surface area contributed by atoms with Crippen LogP contribution in [0.25, 0.3) is 0 Å². The van der Waals surface area contributed by atoms with Crippen molar-refractivity contribution >= 4 is 17.5 Å². The van der Waals surface area contributed by atoms with Gasteiger partial charge in [0, 0.05) is 24.3 Å². The van der Waals surface area contributed by atoms with Gasteiger partial charge < -0.3 is 15.3 Å². The number of anilines is 1. The second kappa shape index (κ2) is 6.48. The molecule has 118 valence electrons. The Balaban J connectivity index is 1.68. The summed E-state index contributed by atoms with van der Waals surface area (Å²) in [6.45, 7) is 1.62. The molecule has 1 saturated carbocycles. The summed E-state index contributed by atoms with van der Waals surface area (Å²) in [5.74, 6) is -0.469. The van der Waals surface area contributed by atoms with Gasteiger partial charge in [0.15, 0.2) is 0 Å². The van der Waals surface area contributed by atoms with Gasteiger partial charge >= 0.3 is 0 Å². The molecule has 1 saturated heterocycles. The first-order valence-corrected chi connectivity index (χ1v) is 8.03. The normalized spacial score (nSPS) is 24.5. The Kier molecular flexibility index (Phi) is 4.43. The van der Waals surface area contributed by atoms with E-state index in [2.05, 4.69) is 5.32 Å². The first-order chi connectivity index (χ1) is 10.6. The van der Waals surface area contributed by atoms with E-state index in [0.717, 1.165) is 38.8 Å². The number of nitrogens with one attached hydrogen (secondary N) is 1. The van der Waals surface area contributed by atoms with Gasteiger partial charge in [-0.2, -0.15) is 0 Å². The zero-order chi connectivity index (χ0) is 15.5. The summed E-state index contributed by atoms with van der Waals surface area (Å²) in [6.07, 6.45) is 3.86. The van der Waals surface area contributed by atoms with E-state index in [1.54, 1.807) is 24.3 Å². The third kappa shape index (κ3) is 3.14. The van der Waals surface area contributed by atoms with Crippen LogP contribution in [0.2, 0.25) is 0 Å². The quantitative estimate of drug-likeness (QED) is 0.897. The average molecular weight is 302 g/mol. The molecule has 3 rings (SSSR count). The zero-order valence-electron chi connectivity index (χ0n) is 12.6. The van der Waals surface area contributed by atoms with Crippen molar-refractivity contribution in [2.75, 3.05) is 18.4 Å². The smallest absolute Gasteiger partial charge is 0.253 e. The fourth-order valence-corrected chi connectivity index (χ4v) is 3.31. The second-order valence-corrected chi connectivity index (χ2v) is 6.17. The Labute approximate surface area is 130 Å². The highest BCUT2D eigenvalue weighted by Crippen LogP contribution is 2.27. The summed E-state index contributed by atoms with van der Waals surface area (Å²) >= 11 is 0. The summed E-state index contributed by atoms with van der Waals surface area (Å²) in [5, 5.41) is 12.6. The number of benzene rings is 1. The molecule has 2 aliphatic rings. The molecule has 5 heteroatoms. The average Bonchev–Trinajstić information content (AvgIpc) is 3.18. The summed E-state index contributed by atoms with van der Waals surface area (Å²) in [5.41, 5.74) is 1.22. The molecule has 2 atom stereocenters. The molecule has 0 spiro atoms. The molecule has 2 unspecified atom stereocenters. The van der Waals surface area contributed by atoms with Gasteiger partial charge in [-0.3, -0.25) is 9.59 Å². The molecule has 1 aliphatic carbocycles. The van der Waals surface area contributed by atoms with Crippen LogP contribution in [0.4, 0.5) is 5.69 Å². The molecule has 0 aromatic heterocycles. The number of nitrogens with zero attached hydrogens (tertiary/aromatic N) is 1. The van der Waals surface area contributed by atoms with E-state index in [9.17, 15) is 14.7 Å². The van der Waals surface area contributed by atoms with Gasteiger partial charge in [-0.25, -0.2) is 0 Å². The molecule has 1 aromatic rings. The minimum absolute atomic E-state index is 0.0227. The van der Waals surface area contributed by atoms with Crippen LogP contribution in [-0.2, 0) is 4.79 Å². The van der Waals surface area contributed by atoms with Gasteiger partial charge in [0.05, 0.1) is 12.0 Å². The van der Waals surface area contributed by atoms with Gasteiger partial charge in [0.25, 0.3) is 5.91 Å². The summed E-state index contributed by atoms with van der Waals surface area (Å²) in [4.78, 5) is 26.4. The minimum atomic E-state index is -0.547. The largest absolute Gasteiger partial charge is 0.392 e. The lowest BCUT2D eigenvalue weighted by atomic mass is 10.0. The third-order valence-electron chi connectivity index (χ3n) is 4.59. The highest BCUT2D eigenvalue weighted by Gasteiger charge is 2.31. The van der Waals surface area contributed by atoms with Crippen LogP contribution in [0.3, 0.4) is 0 Å². The highest BCUT2D eigenvalue weighted by atomic mass is 16.3. The van der Waals surface area contributed by atoms with Crippen molar-refractivity contribution in [2.24, 2.45) is 5.92 Å². The fraction of sp³-hybridized carbons (Fsp3) is 0.529. The van der Waals surface area contributed by atoms with Crippen LogP contribution >= 0.6 is 0 Å². The molecular formula is C17H22N2O3. The van der Waals surface area contributed by atoms with Crippen molar-refractivity contribution in [3.05, 3.63) is 29.8 Å². The van der Waals surface area contributed by atoms with Gasteiger partial charge in [0.2, 0.25) is 5.91 Å². The maximum Gasteiger partial charge on any atom is 0.253 e. The first kappa shape index (κ1) is 15.0. The van der Waals surface area contributed by atoms with Gasteiger partial charge in [-0.05, 0) is 50.3 Å². The van der Waals surface area contributed by atoms with Gasteiger partial charge in [0.1, 0.15) is 0 Å². The van der Waals surface area contributed by atoms with E-state index in [1.165, 1.54) is 0 Å². The number of carbonyl (C=O) groups is 2. The van der Waals surface area contributed by atoms with Crippen molar-refractivity contribution in [2.45, 2.75) is 38.2 Å². The van der Waals surface area contributed by atoms with Gasteiger partial charge in [-0.1, -0.05) is 6.07 Å². The second-order valence-electron chi connectivity index (χ2n) is 6.17. The number of amides is 2. The van der Waals surface area contributed by atoms with E-state index in [4.69, 9.17) is 0 Å². The van der Waals surface area contributed by atoms with Gasteiger partial charge in [-0.15, -0.1) is 0 Å². The highest BCUT2D eigenvalue weighted by molar-refractivity contribution is 5.98. The standard InChI is InChI=1S/C17H22N2O3/c20-15-8-4-7-14(15)16(21)18-13-6-3-5-12(11-13)17(22)19-9-1-2-10-19/h3,5-6,11,14-15,20H,1-2,4,7-10H2,(H,18,21). The lowest BCUT2D eigenvalue weighted by molar-refractivity contribution is -0.122. The number of aliphatic hydroxyl groups excluding tert-OH is 1. The Hall–Kier alpha value is -1.88. The lowest BCUT2D eigenvalue weighted by Crippen LogP contribution is -2.29. The molecule has 1 aliphatic heterocycles. The number of hydrogen-bond acceptors (Lipinski definition) is 3. The van der Waals surface area contributed by atoms with Crippen LogP contribution in [0.1, 0.15) is 42.5 Å². The van der Waals surface area contributed by atoms with Crippen molar-refractivity contribution in [1.29, 1.82) is 0 Å². The van der Waals surface area contributed by atoms with E-state index in [-0.39, 0.29) is 17.7 Å². The number of hydrogen-bond donors (Lipinski definition) is 2. The lowest BCUT2D eigenvalue weighted by Gasteiger charge is -2.17. The van der Waals surface area contributed by atoms with Crippen LogP contribution in [0.15, 0.2) is 24.3 Å². The van der Waals surface area contributed by atoms with Crippen molar-refractivity contribution in [1.82, 2.24) is 4.90 Å². The molecule has 1 aromatic carbocycles. The fourth-order valence-electron chi connectivity index (χ4n) is 3.31. The zero-order valence-corrected chi connectivity index (χ0v) is 12.6. The SMILES string of the molecule is O=C(Nc1cccc(C(=O)N2CCCC2)c1)C1CCCC1O. The number of rotatable bonds is 3. The molecule has 0 radical (unpaired) electrons. The Bertz CT molecular complexity index is 567. The first-order valence-electron chi connectivity index (χ1n) is 8.03. The summed E-state index contributed by atoms with van der Waals surface area (Å²) in [7, 11) is 0. The van der Waals surface area contributed by atoms with Crippen molar-refractivity contribution in [3.8, 4) is 0 Å². The molecule has 5 nitrogen and oxygen atoms in total. The molecule has 0 bridgehead atoms. The molecule has 2 fully saturated rings. The van der Waals surface area contributed by atoms with Crippen LogP contribution in [0.5, 0.6) is 0 Å². The Morgan fingerprint density at radius 3 is 2.59 bits per heavy atom. The Morgan fingerprint density at radius 1 is 1.14 bits per heavy atom. The predicted molar refractivity (Wildman–Crippen MR) is 83.6 cm³/mol. The molecule has 1 heterocycles. The van der Waals surface area contributed by atoms with E-state index in [1.807, 2.05) is 4.90 Å². The van der Waals surface area contributed by atoms with E-state index in [0.29, 0.717) is 17.7 Å². The minimum Gasteiger partial charge on any atom is -0.392 e. The maximum absolute atomic E-state index is 12.4. The number of carbonyl (C=O) groups excluding carboxylic acids is 2. The van der Waals surface area contributed by atoms with E-state index < -0.39 is 6.10 Å². The molecule has 2 N–H and O–H groups in total. The van der Waals surface area contributed by atoms with Crippen molar-refractivity contribution < 1.29 is 14.7 Å². The molecule has 22 heavy (non-hydrogen) atoms. The van der Waals surface area contributed by atoms with Crippen molar-refractivity contribution in [3.63, 3.8) is 0 Å². The summed E-state index contributed by atoms with van der Waals surface area (Å²) in [6, 6.07) is 7.06. The monoisotopic (exact) mass is 302 g/mol. The summed E-state index contributed by atoms with van der Waals surface area (Å²) < 4.78 is 0. The topological polar surface area (TPSA) is 69.6 Å². The molecule has 2 amide bonds. The van der Waals surface area contributed by atoms with Crippen LogP contribution in [0, 0.1) is 5.92 Å². The number of aliphatic hydroxyl groups is 1. The predicted octanol–water partition coefficient (Wildman–Crippen LogP) is 2.02. The van der Waals surface area contributed by atoms with Crippen LogP contribution in [-0.4, -0.2) is 41.0 Å².